The van der Waals surface area contributed by atoms with E-state index in [1.165, 1.54) is 64.8 Å². The highest BCUT2D eigenvalue weighted by Gasteiger charge is 2.23. The molecule has 1 atom stereocenters. The first-order chi connectivity index (χ1) is 7.75. The van der Waals surface area contributed by atoms with E-state index in [1.54, 1.807) is 0 Å². The van der Waals surface area contributed by atoms with Gasteiger partial charge in [0, 0.05) is 19.1 Å². The van der Waals surface area contributed by atoms with Crippen LogP contribution in [0.1, 0.15) is 46.0 Å². The Hall–Kier alpha value is -0.0800. The lowest BCUT2D eigenvalue weighted by atomic mass is 9.95. The minimum atomic E-state index is 0.740. The molecule has 0 amide bonds. The zero-order valence-electron chi connectivity index (χ0n) is 11.1. The fourth-order valence-electron chi connectivity index (χ4n) is 3.22. The minimum Gasteiger partial charge on any atom is -0.303 e. The molecule has 0 bridgehead atoms. The summed E-state index contributed by atoms with van der Waals surface area (Å²) in [6.07, 6.45) is 7.19. The molecule has 2 saturated heterocycles. The van der Waals surface area contributed by atoms with Crippen LogP contribution < -0.4 is 0 Å². The van der Waals surface area contributed by atoms with Crippen molar-refractivity contribution in [2.75, 3.05) is 32.7 Å². The highest BCUT2D eigenvalue weighted by molar-refractivity contribution is 4.78. The van der Waals surface area contributed by atoms with Gasteiger partial charge in [-0.3, -0.25) is 0 Å². The van der Waals surface area contributed by atoms with E-state index in [1.807, 2.05) is 0 Å². The normalized spacial score (nSPS) is 29.8. The van der Waals surface area contributed by atoms with Gasteiger partial charge >= 0.3 is 0 Å². The van der Waals surface area contributed by atoms with Crippen LogP contribution in [0.25, 0.3) is 0 Å². The quantitative estimate of drug-likeness (QED) is 0.727. The molecule has 2 fully saturated rings. The van der Waals surface area contributed by atoms with Gasteiger partial charge in [0.05, 0.1) is 0 Å². The van der Waals surface area contributed by atoms with Gasteiger partial charge in [-0.15, -0.1) is 0 Å². The first-order valence-corrected chi connectivity index (χ1v) is 7.22. The first-order valence-electron chi connectivity index (χ1n) is 7.22. The zero-order chi connectivity index (χ0) is 11.4. The molecule has 0 spiro atoms. The van der Waals surface area contributed by atoms with Crippen LogP contribution in [-0.2, 0) is 0 Å². The van der Waals surface area contributed by atoms with E-state index in [9.17, 15) is 0 Å². The summed E-state index contributed by atoms with van der Waals surface area (Å²) < 4.78 is 0. The molecule has 2 heteroatoms. The molecule has 0 radical (unpaired) electrons. The Morgan fingerprint density at radius 2 is 1.75 bits per heavy atom. The maximum Gasteiger partial charge on any atom is 0.00387 e. The summed E-state index contributed by atoms with van der Waals surface area (Å²) in [6, 6.07) is 0.740. The number of nitrogens with zero attached hydrogens (tertiary/aromatic N) is 2. The van der Waals surface area contributed by atoms with E-state index in [4.69, 9.17) is 0 Å². The van der Waals surface area contributed by atoms with Crippen LogP contribution in [0.15, 0.2) is 0 Å². The van der Waals surface area contributed by atoms with Crippen LogP contribution in [0.4, 0.5) is 0 Å². The van der Waals surface area contributed by atoms with Gasteiger partial charge in [0.1, 0.15) is 0 Å². The van der Waals surface area contributed by atoms with Crippen LogP contribution in [0.3, 0.4) is 0 Å². The van der Waals surface area contributed by atoms with Gasteiger partial charge in [-0.1, -0.05) is 6.42 Å². The van der Waals surface area contributed by atoms with E-state index in [-0.39, 0.29) is 0 Å². The number of hydrogen-bond donors (Lipinski definition) is 0. The van der Waals surface area contributed by atoms with Gasteiger partial charge in [-0.25, -0.2) is 0 Å². The summed E-state index contributed by atoms with van der Waals surface area (Å²) in [6.45, 7) is 11.4. The van der Waals surface area contributed by atoms with Crippen molar-refractivity contribution in [3.63, 3.8) is 0 Å². The van der Waals surface area contributed by atoms with E-state index >= 15 is 0 Å². The van der Waals surface area contributed by atoms with Crippen molar-refractivity contribution in [1.29, 1.82) is 0 Å². The maximum atomic E-state index is 2.71. The lowest BCUT2D eigenvalue weighted by Crippen LogP contribution is -2.44. The van der Waals surface area contributed by atoms with E-state index in [0.717, 1.165) is 12.0 Å². The van der Waals surface area contributed by atoms with Gasteiger partial charge in [0.25, 0.3) is 0 Å². The van der Waals surface area contributed by atoms with Crippen molar-refractivity contribution in [1.82, 2.24) is 9.80 Å². The summed E-state index contributed by atoms with van der Waals surface area (Å²) in [7, 11) is 0. The van der Waals surface area contributed by atoms with E-state index < -0.39 is 0 Å². The molecule has 2 aliphatic heterocycles. The number of rotatable bonds is 3. The maximum absolute atomic E-state index is 2.71. The lowest BCUT2D eigenvalue weighted by Gasteiger charge is -2.38. The number of likely N-dealkylation sites (tertiary alicyclic amines) is 2. The molecule has 0 aliphatic carbocycles. The summed E-state index contributed by atoms with van der Waals surface area (Å²) in [4.78, 5) is 5.37. The first kappa shape index (κ1) is 12.4. The highest BCUT2D eigenvalue weighted by atomic mass is 15.2. The molecule has 16 heavy (non-hydrogen) atoms. The molecule has 0 unspecified atom stereocenters. The Morgan fingerprint density at radius 3 is 2.44 bits per heavy atom. The number of hydrogen-bond acceptors (Lipinski definition) is 2. The Labute approximate surface area is 101 Å². The topological polar surface area (TPSA) is 6.48 Å². The van der Waals surface area contributed by atoms with Crippen molar-refractivity contribution < 1.29 is 0 Å². The second kappa shape index (κ2) is 6.02. The molecule has 0 N–H and O–H groups in total. The van der Waals surface area contributed by atoms with Gasteiger partial charge < -0.3 is 9.80 Å². The molecule has 2 nitrogen and oxygen atoms in total. The van der Waals surface area contributed by atoms with Crippen LogP contribution in [0, 0.1) is 5.92 Å². The smallest absolute Gasteiger partial charge is 0.00387 e. The second-order valence-corrected chi connectivity index (χ2v) is 5.96. The largest absolute Gasteiger partial charge is 0.303 e. The molecular formula is C14H28N2. The van der Waals surface area contributed by atoms with Crippen molar-refractivity contribution >= 4 is 0 Å². The molecule has 2 heterocycles. The molecule has 0 aromatic heterocycles. The molecule has 2 aliphatic rings. The Bertz CT molecular complexity index is 197. The third kappa shape index (κ3) is 3.46. The minimum absolute atomic E-state index is 0.740. The van der Waals surface area contributed by atoms with Gasteiger partial charge in [0.15, 0.2) is 0 Å². The third-order valence-electron chi connectivity index (χ3n) is 4.25. The zero-order valence-corrected chi connectivity index (χ0v) is 11.1. The predicted molar refractivity (Wildman–Crippen MR) is 69.7 cm³/mol. The Balaban J connectivity index is 1.75. The van der Waals surface area contributed by atoms with E-state index in [2.05, 4.69) is 23.6 Å². The van der Waals surface area contributed by atoms with Crippen LogP contribution in [-0.4, -0.2) is 48.6 Å². The summed E-state index contributed by atoms with van der Waals surface area (Å²) in [5.41, 5.74) is 0. The SMILES string of the molecule is CC(C)N1CCC[C@@H](CN2CCCCC2)C1. The van der Waals surface area contributed by atoms with Crippen LogP contribution in [0.2, 0.25) is 0 Å². The monoisotopic (exact) mass is 224 g/mol. The molecule has 0 aromatic rings. The van der Waals surface area contributed by atoms with Crippen LogP contribution in [0.5, 0.6) is 0 Å². The van der Waals surface area contributed by atoms with Crippen molar-refractivity contribution in [2.24, 2.45) is 5.92 Å². The predicted octanol–water partition coefficient (Wildman–Crippen LogP) is 2.59. The highest BCUT2D eigenvalue weighted by Crippen LogP contribution is 2.21. The Morgan fingerprint density at radius 1 is 1.00 bits per heavy atom. The third-order valence-corrected chi connectivity index (χ3v) is 4.25. The fourth-order valence-corrected chi connectivity index (χ4v) is 3.22. The summed E-state index contributed by atoms with van der Waals surface area (Å²) in [5, 5.41) is 0. The molecule has 2 rings (SSSR count). The fraction of sp³-hybridized carbons (Fsp3) is 1.00. The molecular weight excluding hydrogens is 196 g/mol. The average Bonchev–Trinajstić information content (AvgIpc) is 2.30. The van der Waals surface area contributed by atoms with E-state index in [0.29, 0.717) is 0 Å². The molecule has 0 saturated carbocycles. The standard InChI is InChI=1S/C14H28N2/c1-13(2)16-10-6-7-14(12-16)11-15-8-4-3-5-9-15/h13-14H,3-12H2,1-2H3/t14-/m0/s1. The molecule has 0 aromatic carbocycles. The lowest BCUT2D eigenvalue weighted by molar-refractivity contribution is 0.103. The Kier molecular flexibility index (Phi) is 4.66. The molecule has 94 valence electrons. The van der Waals surface area contributed by atoms with Gasteiger partial charge in [0.2, 0.25) is 0 Å². The van der Waals surface area contributed by atoms with Gasteiger partial charge in [-0.05, 0) is 65.1 Å². The average molecular weight is 224 g/mol. The van der Waals surface area contributed by atoms with Crippen molar-refractivity contribution in [3.05, 3.63) is 0 Å². The van der Waals surface area contributed by atoms with Crippen molar-refractivity contribution in [3.8, 4) is 0 Å². The van der Waals surface area contributed by atoms with Crippen LogP contribution >= 0.6 is 0 Å². The second-order valence-electron chi connectivity index (χ2n) is 5.96. The van der Waals surface area contributed by atoms with Gasteiger partial charge in [-0.2, -0.15) is 0 Å². The summed E-state index contributed by atoms with van der Waals surface area (Å²) in [5.74, 6) is 0.939. The van der Waals surface area contributed by atoms with Crippen molar-refractivity contribution in [2.45, 2.75) is 52.0 Å². The summed E-state index contributed by atoms with van der Waals surface area (Å²) >= 11 is 0. The number of piperidine rings is 2.